The first-order valence-corrected chi connectivity index (χ1v) is 6.04. The van der Waals surface area contributed by atoms with Crippen LogP contribution in [0, 0.1) is 0 Å². The van der Waals surface area contributed by atoms with E-state index < -0.39 is 6.10 Å². The molecule has 0 aliphatic carbocycles. The van der Waals surface area contributed by atoms with Gasteiger partial charge in [0, 0.05) is 13.2 Å². The van der Waals surface area contributed by atoms with Gasteiger partial charge < -0.3 is 19.3 Å². The molecule has 2 unspecified atom stereocenters. The van der Waals surface area contributed by atoms with Crippen molar-refractivity contribution in [1.82, 2.24) is 0 Å². The molecule has 4 nitrogen and oxygen atoms in total. The van der Waals surface area contributed by atoms with Gasteiger partial charge in [-0.1, -0.05) is 0 Å². The standard InChI is InChI=1S/C14H22O4/c1-10(16-2)5-6-14(15)11-7-12(17-3)9-13(8-11)18-4/h7-10,14-15H,5-6H2,1-4H3. The number of rotatable bonds is 7. The monoisotopic (exact) mass is 254 g/mol. The average Bonchev–Trinajstić information content (AvgIpc) is 2.43. The Bertz CT molecular complexity index is 343. The van der Waals surface area contributed by atoms with Gasteiger partial charge in [0.1, 0.15) is 11.5 Å². The Labute approximate surface area is 108 Å². The van der Waals surface area contributed by atoms with E-state index in [4.69, 9.17) is 14.2 Å². The van der Waals surface area contributed by atoms with Gasteiger partial charge in [0.15, 0.2) is 0 Å². The quantitative estimate of drug-likeness (QED) is 0.812. The highest BCUT2D eigenvalue weighted by molar-refractivity contribution is 5.39. The van der Waals surface area contributed by atoms with Crippen LogP contribution in [0.1, 0.15) is 31.4 Å². The predicted octanol–water partition coefficient (Wildman–Crippen LogP) is 2.55. The van der Waals surface area contributed by atoms with Gasteiger partial charge >= 0.3 is 0 Å². The Morgan fingerprint density at radius 2 is 1.56 bits per heavy atom. The largest absolute Gasteiger partial charge is 0.497 e. The number of benzene rings is 1. The topological polar surface area (TPSA) is 47.9 Å². The van der Waals surface area contributed by atoms with Crippen molar-refractivity contribution in [2.45, 2.75) is 32.0 Å². The summed E-state index contributed by atoms with van der Waals surface area (Å²) in [5.41, 5.74) is 0.800. The second-order valence-corrected chi connectivity index (χ2v) is 4.29. The summed E-state index contributed by atoms with van der Waals surface area (Å²) >= 11 is 0. The summed E-state index contributed by atoms with van der Waals surface area (Å²) in [6.45, 7) is 1.98. The van der Waals surface area contributed by atoms with E-state index in [0.29, 0.717) is 17.9 Å². The van der Waals surface area contributed by atoms with Crippen molar-refractivity contribution in [3.05, 3.63) is 23.8 Å². The molecule has 1 rings (SSSR count). The molecule has 1 aromatic rings. The summed E-state index contributed by atoms with van der Waals surface area (Å²) in [6, 6.07) is 5.43. The molecule has 0 fully saturated rings. The third kappa shape index (κ3) is 4.20. The van der Waals surface area contributed by atoms with Crippen molar-refractivity contribution in [2.75, 3.05) is 21.3 Å². The molecule has 18 heavy (non-hydrogen) atoms. The molecule has 1 aromatic carbocycles. The van der Waals surface area contributed by atoms with Crippen molar-refractivity contribution in [3.8, 4) is 11.5 Å². The minimum absolute atomic E-state index is 0.146. The van der Waals surface area contributed by atoms with E-state index in [1.165, 1.54) is 0 Å². The molecule has 0 amide bonds. The molecule has 1 N–H and O–H groups in total. The molecule has 0 saturated heterocycles. The summed E-state index contributed by atoms with van der Waals surface area (Å²) in [6.07, 6.45) is 1.06. The Hall–Kier alpha value is -1.26. The molecule has 0 radical (unpaired) electrons. The van der Waals surface area contributed by atoms with Gasteiger partial charge in [-0.15, -0.1) is 0 Å². The highest BCUT2D eigenvalue weighted by Gasteiger charge is 2.12. The van der Waals surface area contributed by atoms with Crippen molar-refractivity contribution < 1.29 is 19.3 Å². The normalized spacial score (nSPS) is 14.1. The van der Waals surface area contributed by atoms with E-state index in [0.717, 1.165) is 12.0 Å². The molecule has 0 bridgehead atoms. The van der Waals surface area contributed by atoms with Crippen LogP contribution in [0.3, 0.4) is 0 Å². The van der Waals surface area contributed by atoms with Gasteiger partial charge in [-0.25, -0.2) is 0 Å². The van der Waals surface area contributed by atoms with Crippen LogP contribution in [0.4, 0.5) is 0 Å². The van der Waals surface area contributed by atoms with Gasteiger partial charge in [-0.05, 0) is 37.5 Å². The highest BCUT2D eigenvalue weighted by Crippen LogP contribution is 2.28. The number of hydrogen-bond acceptors (Lipinski definition) is 4. The van der Waals surface area contributed by atoms with E-state index in [2.05, 4.69) is 0 Å². The summed E-state index contributed by atoms with van der Waals surface area (Å²) in [4.78, 5) is 0. The van der Waals surface area contributed by atoms with Gasteiger partial charge in [0.2, 0.25) is 0 Å². The maximum atomic E-state index is 10.1. The zero-order chi connectivity index (χ0) is 13.5. The first-order valence-electron chi connectivity index (χ1n) is 6.04. The van der Waals surface area contributed by atoms with Crippen molar-refractivity contribution in [1.29, 1.82) is 0 Å². The molecule has 0 saturated carbocycles. The smallest absolute Gasteiger partial charge is 0.122 e. The first-order chi connectivity index (χ1) is 8.60. The predicted molar refractivity (Wildman–Crippen MR) is 70.2 cm³/mol. The van der Waals surface area contributed by atoms with Crippen LogP contribution in [-0.2, 0) is 4.74 Å². The van der Waals surface area contributed by atoms with Crippen LogP contribution in [0.15, 0.2) is 18.2 Å². The molecular formula is C14H22O4. The minimum atomic E-state index is -0.536. The van der Waals surface area contributed by atoms with Crippen molar-refractivity contribution in [2.24, 2.45) is 0 Å². The van der Waals surface area contributed by atoms with Crippen LogP contribution < -0.4 is 9.47 Å². The summed E-state index contributed by atoms with van der Waals surface area (Å²) < 4.78 is 15.5. The number of methoxy groups -OCH3 is 3. The Kier molecular flexibility index (Phi) is 5.95. The van der Waals surface area contributed by atoms with Gasteiger partial charge in [0.25, 0.3) is 0 Å². The van der Waals surface area contributed by atoms with E-state index in [-0.39, 0.29) is 6.10 Å². The van der Waals surface area contributed by atoms with Crippen LogP contribution >= 0.6 is 0 Å². The summed E-state index contributed by atoms with van der Waals surface area (Å²) in [5, 5.41) is 10.1. The fraction of sp³-hybridized carbons (Fsp3) is 0.571. The number of ether oxygens (including phenoxy) is 3. The Balaban J connectivity index is 2.74. The van der Waals surface area contributed by atoms with Gasteiger partial charge in [0.05, 0.1) is 26.4 Å². The molecule has 2 atom stereocenters. The average molecular weight is 254 g/mol. The molecule has 0 spiro atoms. The molecule has 0 heterocycles. The van der Waals surface area contributed by atoms with Gasteiger partial charge in [-0.2, -0.15) is 0 Å². The number of aliphatic hydroxyl groups excluding tert-OH is 1. The zero-order valence-corrected chi connectivity index (χ0v) is 11.5. The van der Waals surface area contributed by atoms with E-state index in [1.54, 1.807) is 27.4 Å². The lowest BCUT2D eigenvalue weighted by molar-refractivity contribution is 0.0850. The summed E-state index contributed by atoms with van der Waals surface area (Å²) in [5.74, 6) is 1.37. The third-order valence-electron chi connectivity index (χ3n) is 3.01. The van der Waals surface area contributed by atoms with Crippen LogP contribution in [0.25, 0.3) is 0 Å². The molecule has 102 valence electrons. The first kappa shape index (κ1) is 14.8. The van der Waals surface area contributed by atoms with E-state index in [1.807, 2.05) is 19.1 Å². The lowest BCUT2D eigenvalue weighted by Gasteiger charge is -2.16. The zero-order valence-electron chi connectivity index (χ0n) is 11.5. The van der Waals surface area contributed by atoms with Crippen molar-refractivity contribution >= 4 is 0 Å². The number of aliphatic hydroxyl groups is 1. The van der Waals surface area contributed by atoms with Crippen molar-refractivity contribution in [3.63, 3.8) is 0 Å². The lowest BCUT2D eigenvalue weighted by Crippen LogP contribution is -2.08. The minimum Gasteiger partial charge on any atom is -0.497 e. The van der Waals surface area contributed by atoms with Crippen LogP contribution in [-0.4, -0.2) is 32.5 Å². The maximum Gasteiger partial charge on any atom is 0.122 e. The maximum absolute atomic E-state index is 10.1. The molecule has 0 aliphatic rings. The van der Waals surface area contributed by atoms with Crippen LogP contribution in [0.5, 0.6) is 11.5 Å². The highest BCUT2D eigenvalue weighted by atomic mass is 16.5. The molecule has 0 aromatic heterocycles. The van der Waals surface area contributed by atoms with Crippen LogP contribution in [0.2, 0.25) is 0 Å². The van der Waals surface area contributed by atoms with E-state index in [9.17, 15) is 5.11 Å². The fourth-order valence-corrected chi connectivity index (χ4v) is 1.70. The van der Waals surface area contributed by atoms with Gasteiger partial charge in [-0.3, -0.25) is 0 Å². The SMILES string of the molecule is COc1cc(OC)cc(C(O)CCC(C)OC)c1. The Morgan fingerprint density at radius 3 is 2.00 bits per heavy atom. The molecular weight excluding hydrogens is 232 g/mol. The summed E-state index contributed by atoms with van der Waals surface area (Å²) in [7, 11) is 4.86. The number of hydrogen-bond donors (Lipinski definition) is 1. The Morgan fingerprint density at radius 1 is 1.00 bits per heavy atom. The van der Waals surface area contributed by atoms with E-state index >= 15 is 0 Å². The third-order valence-corrected chi connectivity index (χ3v) is 3.01. The lowest BCUT2D eigenvalue weighted by atomic mass is 10.0. The second-order valence-electron chi connectivity index (χ2n) is 4.29. The second kappa shape index (κ2) is 7.24. The molecule has 4 heteroatoms. The molecule has 0 aliphatic heterocycles. The fourth-order valence-electron chi connectivity index (χ4n) is 1.70.